The number of ether oxygens (including phenoxy) is 1. The molecule has 3 rings (SSSR count). The van der Waals surface area contributed by atoms with Gasteiger partial charge < -0.3 is 24.9 Å². The van der Waals surface area contributed by atoms with Crippen molar-refractivity contribution in [1.82, 2.24) is 5.32 Å². The van der Waals surface area contributed by atoms with Crippen LogP contribution in [0, 0.1) is 6.92 Å². The number of nitrogens with one attached hydrogen (secondary N) is 2. The number of hydrogen-bond donors (Lipinski definition) is 3. The second-order valence-electron chi connectivity index (χ2n) is 6.30. The van der Waals surface area contributed by atoms with Crippen LogP contribution in [0.2, 0.25) is 0 Å². The lowest BCUT2D eigenvalue weighted by atomic mass is 10.1. The minimum atomic E-state index is -0.590. The van der Waals surface area contributed by atoms with Crippen LogP contribution < -0.4 is 15.4 Å². The summed E-state index contributed by atoms with van der Waals surface area (Å²) in [6, 6.07) is 8.05. The molecule has 0 unspecified atom stereocenters. The maximum Gasteiger partial charge on any atom is 0.319 e. The van der Waals surface area contributed by atoms with Crippen LogP contribution in [0.15, 0.2) is 41.0 Å². The Morgan fingerprint density at radius 2 is 2.12 bits per heavy atom. The summed E-state index contributed by atoms with van der Waals surface area (Å²) in [5.41, 5.74) is 1.58. The molecule has 1 saturated carbocycles. The Hall–Kier alpha value is -2.47. The van der Waals surface area contributed by atoms with E-state index in [0.717, 1.165) is 24.2 Å². The molecule has 1 atom stereocenters. The van der Waals surface area contributed by atoms with Gasteiger partial charge in [0.2, 0.25) is 0 Å². The summed E-state index contributed by atoms with van der Waals surface area (Å²) < 4.78 is 11.3. The number of rotatable bonds is 6. The molecule has 0 saturated heterocycles. The molecule has 2 aromatic rings. The van der Waals surface area contributed by atoms with Crippen molar-refractivity contribution in [2.45, 2.75) is 44.8 Å². The molecule has 1 aromatic carbocycles. The monoisotopic (exact) mass is 344 g/mol. The zero-order valence-corrected chi connectivity index (χ0v) is 14.3. The molecule has 6 heteroatoms. The Morgan fingerprint density at radius 1 is 1.32 bits per heavy atom. The van der Waals surface area contributed by atoms with Gasteiger partial charge in [-0.1, -0.05) is 6.07 Å². The van der Waals surface area contributed by atoms with E-state index in [9.17, 15) is 9.90 Å². The lowest BCUT2D eigenvalue weighted by Gasteiger charge is -2.19. The minimum absolute atomic E-state index is 0.245. The molecule has 0 radical (unpaired) electrons. The average Bonchev–Trinajstić information content (AvgIpc) is 3.30. The zero-order valence-electron chi connectivity index (χ0n) is 14.3. The van der Waals surface area contributed by atoms with Gasteiger partial charge in [-0.2, -0.15) is 0 Å². The van der Waals surface area contributed by atoms with E-state index in [2.05, 4.69) is 10.6 Å². The summed E-state index contributed by atoms with van der Waals surface area (Å²) >= 11 is 0. The van der Waals surface area contributed by atoms with Crippen LogP contribution in [-0.4, -0.2) is 23.8 Å². The molecule has 1 aliphatic carbocycles. The molecule has 2 amide bonds. The third-order valence-corrected chi connectivity index (χ3v) is 4.50. The molecule has 134 valence electrons. The zero-order chi connectivity index (χ0) is 17.6. The topological polar surface area (TPSA) is 83.7 Å². The van der Waals surface area contributed by atoms with E-state index in [1.807, 2.05) is 25.1 Å². The van der Waals surface area contributed by atoms with Crippen LogP contribution in [0.4, 0.5) is 10.5 Å². The van der Waals surface area contributed by atoms with E-state index in [-0.39, 0.29) is 12.7 Å². The predicted octanol–water partition coefficient (Wildman–Crippen LogP) is 3.76. The van der Waals surface area contributed by atoms with Gasteiger partial charge in [0.05, 0.1) is 19.0 Å². The second kappa shape index (κ2) is 8.07. The van der Waals surface area contributed by atoms with Gasteiger partial charge in [-0.25, -0.2) is 4.79 Å². The van der Waals surface area contributed by atoms with Gasteiger partial charge in [-0.3, -0.25) is 0 Å². The SMILES string of the molecule is Cc1c(NC(=O)N[C@@H](CO)c2ccco2)cccc1OC1CCCC1. The number of aliphatic hydroxyl groups excluding tert-OH is 1. The van der Waals surface area contributed by atoms with Crippen molar-refractivity contribution in [3.8, 4) is 5.75 Å². The van der Waals surface area contributed by atoms with Crippen LogP contribution in [-0.2, 0) is 0 Å². The second-order valence-corrected chi connectivity index (χ2v) is 6.30. The molecule has 0 spiro atoms. The maximum absolute atomic E-state index is 12.3. The van der Waals surface area contributed by atoms with Gasteiger partial charge in [0.25, 0.3) is 0 Å². The van der Waals surface area contributed by atoms with Crippen molar-refractivity contribution >= 4 is 11.7 Å². The van der Waals surface area contributed by atoms with E-state index >= 15 is 0 Å². The van der Waals surface area contributed by atoms with E-state index in [0.29, 0.717) is 11.4 Å². The first-order valence-electron chi connectivity index (χ1n) is 8.65. The van der Waals surface area contributed by atoms with Gasteiger partial charge in [-0.05, 0) is 56.9 Å². The van der Waals surface area contributed by atoms with Crippen molar-refractivity contribution < 1.29 is 19.1 Å². The van der Waals surface area contributed by atoms with Gasteiger partial charge in [0.15, 0.2) is 0 Å². The van der Waals surface area contributed by atoms with Crippen LogP contribution in [0.3, 0.4) is 0 Å². The predicted molar refractivity (Wildman–Crippen MR) is 94.8 cm³/mol. The standard InChI is InChI=1S/C19H24N2O4/c1-13-15(8-4-9-17(13)25-14-6-2-3-7-14)20-19(23)21-16(12-22)18-10-5-11-24-18/h4-5,8-11,14,16,22H,2-3,6-7,12H2,1H3,(H2,20,21,23)/t16-/m0/s1. The van der Waals surface area contributed by atoms with E-state index in [4.69, 9.17) is 9.15 Å². The number of hydrogen-bond acceptors (Lipinski definition) is 4. The lowest BCUT2D eigenvalue weighted by molar-refractivity contribution is 0.208. The molecular weight excluding hydrogens is 320 g/mol. The largest absolute Gasteiger partial charge is 0.490 e. The summed E-state index contributed by atoms with van der Waals surface area (Å²) in [6.45, 7) is 1.68. The normalized spacial score (nSPS) is 15.8. The van der Waals surface area contributed by atoms with Crippen molar-refractivity contribution in [3.63, 3.8) is 0 Å². The summed E-state index contributed by atoms with van der Waals surface area (Å²) in [5.74, 6) is 1.31. The Bertz CT molecular complexity index is 693. The smallest absolute Gasteiger partial charge is 0.319 e. The highest BCUT2D eigenvalue weighted by Gasteiger charge is 2.19. The molecule has 3 N–H and O–H groups in total. The molecule has 25 heavy (non-hydrogen) atoms. The number of amides is 2. The molecule has 0 aliphatic heterocycles. The molecule has 1 aliphatic rings. The average molecular weight is 344 g/mol. The highest BCUT2D eigenvalue weighted by atomic mass is 16.5. The van der Waals surface area contributed by atoms with Crippen molar-refractivity contribution in [2.24, 2.45) is 0 Å². The van der Waals surface area contributed by atoms with Crippen LogP contribution >= 0.6 is 0 Å². The number of carbonyl (C=O) groups is 1. The molecular formula is C19H24N2O4. The number of carbonyl (C=O) groups excluding carboxylic acids is 1. The third kappa shape index (κ3) is 4.33. The van der Waals surface area contributed by atoms with Crippen LogP contribution in [0.5, 0.6) is 5.75 Å². The summed E-state index contributed by atoms with van der Waals surface area (Å²) in [6.07, 6.45) is 6.35. The molecule has 1 fully saturated rings. The first kappa shape index (κ1) is 17.4. The molecule has 6 nitrogen and oxygen atoms in total. The van der Waals surface area contributed by atoms with Crippen LogP contribution in [0.25, 0.3) is 0 Å². The van der Waals surface area contributed by atoms with Gasteiger partial charge >= 0.3 is 6.03 Å². The Balaban J connectivity index is 1.64. The minimum Gasteiger partial charge on any atom is -0.490 e. The fourth-order valence-corrected chi connectivity index (χ4v) is 3.08. The van der Waals surface area contributed by atoms with Gasteiger partial charge in [0.1, 0.15) is 17.6 Å². The number of anilines is 1. The van der Waals surface area contributed by atoms with E-state index in [1.165, 1.54) is 19.1 Å². The van der Waals surface area contributed by atoms with E-state index in [1.54, 1.807) is 12.1 Å². The highest BCUT2D eigenvalue weighted by Crippen LogP contribution is 2.30. The quantitative estimate of drug-likeness (QED) is 0.745. The summed E-state index contributed by atoms with van der Waals surface area (Å²) in [4.78, 5) is 12.3. The molecule has 1 aromatic heterocycles. The number of aliphatic hydroxyl groups is 1. The summed E-state index contributed by atoms with van der Waals surface area (Å²) in [7, 11) is 0. The molecule has 0 bridgehead atoms. The Morgan fingerprint density at radius 3 is 2.80 bits per heavy atom. The first-order chi connectivity index (χ1) is 12.2. The Kier molecular flexibility index (Phi) is 5.60. The van der Waals surface area contributed by atoms with Gasteiger partial charge in [-0.15, -0.1) is 0 Å². The lowest BCUT2D eigenvalue weighted by Crippen LogP contribution is -2.34. The maximum atomic E-state index is 12.3. The van der Waals surface area contributed by atoms with Crippen molar-refractivity contribution in [3.05, 3.63) is 47.9 Å². The van der Waals surface area contributed by atoms with Crippen LogP contribution in [0.1, 0.15) is 43.0 Å². The fourth-order valence-electron chi connectivity index (χ4n) is 3.08. The number of benzene rings is 1. The highest BCUT2D eigenvalue weighted by molar-refractivity contribution is 5.90. The van der Waals surface area contributed by atoms with Crippen molar-refractivity contribution in [1.29, 1.82) is 0 Å². The third-order valence-electron chi connectivity index (χ3n) is 4.50. The number of urea groups is 1. The van der Waals surface area contributed by atoms with E-state index < -0.39 is 12.1 Å². The fraction of sp³-hybridized carbons (Fsp3) is 0.421. The number of furan rings is 1. The summed E-state index contributed by atoms with van der Waals surface area (Å²) in [5, 5.41) is 15.0. The van der Waals surface area contributed by atoms with Gasteiger partial charge in [0, 0.05) is 11.3 Å². The molecule has 1 heterocycles. The first-order valence-corrected chi connectivity index (χ1v) is 8.65. The Labute approximate surface area is 147 Å². The van der Waals surface area contributed by atoms with Crippen molar-refractivity contribution in [2.75, 3.05) is 11.9 Å².